The molecule has 2 aromatic rings. The van der Waals surface area contributed by atoms with Gasteiger partial charge >= 0.3 is 0 Å². The Morgan fingerprint density at radius 2 is 1.92 bits per heavy atom. The number of hydrogen-bond donors (Lipinski definition) is 1. The van der Waals surface area contributed by atoms with Gasteiger partial charge in [0.2, 0.25) is 11.8 Å². The molecule has 1 aromatic carbocycles. The summed E-state index contributed by atoms with van der Waals surface area (Å²) in [5, 5.41) is 17.8. The summed E-state index contributed by atoms with van der Waals surface area (Å²) in [6, 6.07) is 7.53. The Kier molecular flexibility index (Phi) is 5.00. The lowest BCUT2D eigenvalue weighted by Gasteiger charge is -2.30. The van der Waals surface area contributed by atoms with Gasteiger partial charge in [-0.1, -0.05) is 32.1 Å². The Bertz CT molecular complexity index is 704. The van der Waals surface area contributed by atoms with Crippen molar-refractivity contribution < 1.29 is 9.52 Å². The van der Waals surface area contributed by atoms with Crippen LogP contribution in [0, 0.1) is 5.92 Å². The van der Waals surface area contributed by atoms with Crippen molar-refractivity contribution in [1.29, 1.82) is 0 Å². The third kappa shape index (κ3) is 3.85. The number of phenolic OH excluding ortho intramolecular Hbond substituents is 1. The van der Waals surface area contributed by atoms with E-state index in [1.165, 1.54) is 11.1 Å². The van der Waals surface area contributed by atoms with Crippen LogP contribution in [0.3, 0.4) is 0 Å². The maximum atomic E-state index is 9.40. The second-order valence-corrected chi connectivity index (χ2v) is 6.83. The van der Waals surface area contributed by atoms with Crippen molar-refractivity contribution in [2.24, 2.45) is 5.92 Å². The third-order valence-corrected chi connectivity index (χ3v) is 4.45. The van der Waals surface area contributed by atoms with E-state index in [2.05, 4.69) is 41.9 Å². The van der Waals surface area contributed by atoms with E-state index in [-0.39, 0.29) is 6.04 Å². The van der Waals surface area contributed by atoms with Gasteiger partial charge in [0.05, 0.1) is 6.04 Å². The van der Waals surface area contributed by atoms with Crippen LogP contribution in [-0.2, 0) is 6.42 Å². The molecule has 128 valence electrons. The zero-order chi connectivity index (χ0) is 17.1. The summed E-state index contributed by atoms with van der Waals surface area (Å²) in [6.45, 7) is 8.22. The van der Waals surface area contributed by atoms with Crippen LogP contribution in [0.2, 0.25) is 0 Å². The van der Waals surface area contributed by atoms with Crippen molar-refractivity contribution in [1.82, 2.24) is 15.1 Å². The Morgan fingerprint density at radius 3 is 2.54 bits per heavy atom. The van der Waals surface area contributed by atoms with Crippen molar-refractivity contribution >= 4 is 5.57 Å². The van der Waals surface area contributed by atoms with E-state index in [4.69, 9.17) is 4.42 Å². The van der Waals surface area contributed by atoms with Crippen molar-refractivity contribution in [2.75, 3.05) is 13.1 Å². The van der Waals surface area contributed by atoms with Gasteiger partial charge in [-0.25, -0.2) is 0 Å². The highest BCUT2D eigenvalue weighted by molar-refractivity contribution is 5.67. The average molecular weight is 327 g/mol. The second kappa shape index (κ2) is 7.18. The summed E-state index contributed by atoms with van der Waals surface area (Å²) in [7, 11) is 0. The lowest BCUT2D eigenvalue weighted by Crippen LogP contribution is -2.31. The Hall–Kier alpha value is -2.14. The van der Waals surface area contributed by atoms with Crippen LogP contribution in [0.4, 0.5) is 0 Å². The summed E-state index contributed by atoms with van der Waals surface area (Å²) in [5.74, 6) is 2.25. The van der Waals surface area contributed by atoms with E-state index in [1.807, 2.05) is 12.1 Å². The minimum atomic E-state index is 0.121. The number of hydrogen-bond acceptors (Lipinski definition) is 5. The molecule has 0 unspecified atom stereocenters. The fraction of sp³-hybridized carbons (Fsp3) is 0.474. The zero-order valence-electron chi connectivity index (χ0n) is 14.6. The van der Waals surface area contributed by atoms with Gasteiger partial charge in [-0.05, 0) is 42.5 Å². The van der Waals surface area contributed by atoms with Crippen molar-refractivity contribution in [3.05, 3.63) is 47.7 Å². The van der Waals surface area contributed by atoms with Gasteiger partial charge in [0.15, 0.2) is 0 Å². The monoisotopic (exact) mass is 327 g/mol. The van der Waals surface area contributed by atoms with Crippen LogP contribution in [0.5, 0.6) is 5.75 Å². The molecule has 1 aliphatic heterocycles. The van der Waals surface area contributed by atoms with E-state index in [0.717, 1.165) is 31.8 Å². The zero-order valence-corrected chi connectivity index (χ0v) is 14.6. The quantitative estimate of drug-likeness (QED) is 0.904. The molecule has 0 spiro atoms. The molecule has 0 radical (unpaired) electrons. The average Bonchev–Trinajstić information content (AvgIpc) is 3.03. The van der Waals surface area contributed by atoms with Gasteiger partial charge in [0.25, 0.3) is 0 Å². The molecule has 5 nitrogen and oxygen atoms in total. The molecule has 1 aliphatic rings. The molecule has 5 heteroatoms. The third-order valence-electron chi connectivity index (χ3n) is 4.45. The molecule has 0 amide bonds. The molecule has 0 aliphatic carbocycles. The van der Waals surface area contributed by atoms with Crippen LogP contribution < -0.4 is 0 Å². The molecule has 2 heterocycles. The first kappa shape index (κ1) is 16.7. The lowest BCUT2D eigenvalue weighted by atomic mass is 9.98. The lowest BCUT2D eigenvalue weighted by molar-refractivity contribution is 0.198. The fourth-order valence-electron chi connectivity index (χ4n) is 3.00. The van der Waals surface area contributed by atoms with Crippen LogP contribution in [-0.4, -0.2) is 33.3 Å². The number of benzene rings is 1. The van der Waals surface area contributed by atoms with Gasteiger partial charge in [-0.2, -0.15) is 0 Å². The topological polar surface area (TPSA) is 62.4 Å². The van der Waals surface area contributed by atoms with Crippen molar-refractivity contribution in [3.8, 4) is 5.75 Å². The van der Waals surface area contributed by atoms with Crippen molar-refractivity contribution in [3.63, 3.8) is 0 Å². The minimum Gasteiger partial charge on any atom is -0.508 e. The predicted molar refractivity (Wildman–Crippen MR) is 93.5 cm³/mol. The van der Waals surface area contributed by atoms with Crippen LogP contribution in [0.25, 0.3) is 5.57 Å². The number of aromatic hydroxyl groups is 1. The Labute approximate surface area is 143 Å². The van der Waals surface area contributed by atoms with Crippen LogP contribution >= 0.6 is 0 Å². The smallest absolute Gasteiger partial charge is 0.233 e. The fourth-order valence-corrected chi connectivity index (χ4v) is 3.00. The molecule has 0 saturated heterocycles. The highest BCUT2D eigenvalue weighted by Gasteiger charge is 2.23. The highest BCUT2D eigenvalue weighted by Crippen LogP contribution is 2.28. The molecule has 3 rings (SSSR count). The summed E-state index contributed by atoms with van der Waals surface area (Å²) in [5.41, 5.74) is 2.50. The first-order valence-corrected chi connectivity index (χ1v) is 8.57. The maximum absolute atomic E-state index is 9.40. The van der Waals surface area contributed by atoms with Gasteiger partial charge in [0, 0.05) is 19.5 Å². The van der Waals surface area contributed by atoms with Gasteiger partial charge in [-0.3, -0.25) is 4.90 Å². The van der Waals surface area contributed by atoms with Gasteiger partial charge in [0.1, 0.15) is 5.75 Å². The number of phenols is 1. The van der Waals surface area contributed by atoms with E-state index in [9.17, 15) is 5.11 Å². The van der Waals surface area contributed by atoms with Crippen LogP contribution in [0.1, 0.15) is 50.6 Å². The molecule has 1 N–H and O–H groups in total. The summed E-state index contributed by atoms with van der Waals surface area (Å²) in [6.07, 6.45) is 4.05. The minimum absolute atomic E-state index is 0.121. The number of rotatable bonds is 5. The normalized spacial score (nSPS) is 17.1. The molecule has 0 saturated carbocycles. The standard InChI is InChI=1S/C19H25N3O2/c1-13(2)12-18-20-21-19(24-18)14(3)22-10-8-16(9-11-22)15-4-6-17(23)7-5-15/h4-8,13-14,23H,9-12H2,1-3H3/t14-/m0/s1. The number of aromatic nitrogens is 2. The maximum Gasteiger partial charge on any atom is 0.233 e. The summed E-state index contributed by atoms with van der Waals surface area (Å²) < 4.78 is 5.82. The Balaban J connectivity index is 1.65. The van der Waals surface area contributed by atoms with E-state index in [1.54, 1.807) is 12.1 Å². The summed E-state index contributed by atoms with van der Waals surface area (Å²) in [4.78, 5) is 2.34. The second-order valence-electron chi connectivity index (χ2n) is 6.83. The molecule has 1 atom stereocenters. The molecular weight excluding hydrogens is 302 g/mol. The molecule has 24 heavy (non-hydrogen) atoms. The SMILES string of the molecule is CC(C)Cc1nnc([C@H](C)N2CC=C(c3ccc(O)cc3)CC2)o1. The van der Waals surface area contributed by atoms with Gasteiger partial charge < -0.3 is 9.52 Å². The van der Waals surface area contributed by atoms with E-state index >= 15 is 0 Å². The first-order valence-electron chi connectivity index (χ1n) is 8.57. The Morgan fingerprint density at radius 1 is 1.17 bits per heavy atom. The highest BCUT2D eigenvalue weighted by atomic mass is 16.4. The molecular formula is C19H25N3O2. The molecule has 0 fully saturated rings. The molecule has 0 bridgehead atoms. The van der Waals surface area contributed by atoms with Crippen molar-refractivity contribution in [2.45, 2.75) is 39.7 Å². The van der Waals surface area contributed by atoms with E-state index in [0.29, 0.717) is 17.6 Å². The first-order chi connectivity index (χ1) is 11.5. The van der Waals surface area contributed by atoms with E-state index < -0.39 is 0 Å². The summed E-state index contributed by atoms with van der Waals surface area (Å²) >= 11 is 0. The van der Waals surface area contributed by atoms with Gasteiger partial charge in [-0.15, -0.1) is 10.2 Å². The number of nitrogens with zero attached hydrogens (tertiary/aromatic N) is 3. The largest absolute Gasteiger partial charge is 0.508 e. The van der Waals surface area contributed by atoms with Crippen LogP contribution in [0.15, 0.2) is 34.8 Å². The molecule has 1 aromatic heterocycles. The predicted octanol–water partition coefficient (Wildman–Crippen LogP) is 3.82.